The van der Waals surface area contributed by atoms with Crippen molar-refractivity contribution in [3.8, 4) is 11.4 Å². The Morgan fingerprint density at radius 2 is 1.92 bits per heavy atom. The van der Waals surface area contributed by atoms with Gasteiger partial charge in [-0.05, 0) is 31.2 Å². The Hall–Kier alpha value is -3.75. The first kappa shape index (κ1) is 15.8. The van der Waals surface area contributed by atoms with Crippen LogP contribution in [0.1, 0.15) is 18.7 Å². The number of nitrogens with zero attached hydrogens (tertiary/aromatic N) is 6. The van der Waals surface area contributed by atoms with E-state index in [1.165, 1.54) is 6.33 Å². The molecule has 0 aliphatic carbocycles. The third kappa shape index (κ3) is 2.65. The number of nitrogens with two attached hydrogens (primary N) is 2. The molecule has 26 heavy (non-hydrogen) atoms. The van der Waals surface area contributed by atoms with Gasteiger partial charge in [-0.1, -0.05) is 6.07 Å². The topological polar surface area (TPSA) is 133 Å². The van der Waals surface area contributed by atoms with Gasteiger partial charge in [0.2, 0.25) is 0 Å². The van der Waals surface area contributed by atoms with Crippen molar-refractivity contribution >= 4 is 23.0 Å². The van der Waals surface area contributed by atoms with Gasteiger partial charge in [0.05, 0.1) is 17.4 Å². The van der Waals surface area contributed by atoms with Crippen molar-refractivity contribution in [2.24, 2.45) is 0 Å². The Morgan fingerprint density at radius 3 is 2.73 bits per heavy atom. The molecule has 5 N–H and O–H groups in total. The predicted octanol–water partition coefficient (Wildman–Crippen LogP) is 1.92. The molecular formula is C17H17N9. The normalized spacial score (nSPS) is 12.2. The third-order valence-electron chi connectivity index (χ3n) is 4.01. The van der Waals surface area contributed by atoms with Gasteiger partial charge < -0.3 is 16.8 Å². The van der Waals surface area contributed by atoms with Crippen molar-refractivity contribution in [2.45, 2.75) is 13.0 Å². The van der Waals surface area contributed by atoms with Crippen LogP contribution in [-0.2, 0) is 0 Å². The van der Waals surface area contributed by atoms with Gasteiger partial charge in [0.25, 0.3) is 0 Å². The molecule has 0 aliphatic heterocycles. The highest BCUT2D eigenvalue weighted by Crippen LogP contribution is 2.30. The molecule has 4 rings (SSSR count). The summed E-state index contributed by atoms with van der Waals surface area (Å²) in [6.45, 7) is 1.96. The predicted molar refractivity (Wildman–Crippen MR) is 99.1 cm³/mol. The van der Waals surface area contributed by atoms with Crippen molar-refractivity contribution in [3.05, 3.63) is 54.7 Å². The quantitative estimate of drug-likeness (QED) is 0.510. The molecule has 0 aliphatic rings. The summed E-state index contributed by atoms with van der Waals surface area (Å²) < 4.78 is 1.77. The molecule has 4 aromatic rings. The zero-order valence-electron chi connectivity index (χ0n) is 14.0. The summed E-state index contributed by atoms with van der Waals surface area (Å²) in [5, 5.41) is 7.67. The molecule has 0 bridgehead atoms. The molecule has 0 amide bonds. The summed E-state index contributed by atoms with van der Waals surface area (Å²) >= 11 is 0. The van der Waals surface area contributed by atoms with Gasteiger partial charge in [-0.25, -0.2) is 19.5 Å². The van der Waals surface area contributed by atoms with E-state index in [-0.39, 0.29) is 11.9 Å². The lowest BCUT2D eigenvalue weighted by molar-refractivity contribution is 0.840. The maximum atomic E-state index is 5.97. The number of anilines is 3. The zero-order chi connectivity index (χ0) is 18.1. The number of imidazole rings is 1. The number of hydrogen-bond acceptors (Lipinski definition) is 8. The lowest BCUT2D eigenvalue weighted by Gasteiger charge is -2.16. The second-order valence-corrected chi connectivity index (χ2v) is 5.74. The minimum atomic E-state index is -0.217. The molecule has 1 atom stereocenters. The summed E-state index contributed by atoms with van der Waals surface area (Å²) in [7, 11) is 0. The summed E-state index contributed by atoms with van der Waals surface area (Å²) in [5.74, 6) is 0.693. The number of fused-ring (bicyclic) bond motifs is 1. The first-order valence-corrected chi connectivity index (χ1v) is 8.02. The van der Waals surface area contributed by atoms with Crippen LogP contribution in [0.3, 0.4) is 0 Å². The highest BCUT2D eigenvalue weighted by atomic mass is 15.3. The van der Waals surface area contributed by atoms with Crippen LogP contribution in [0.2, 0.25) is 0 Å². The molecule has 0 saturated heterocycles. The summed E-state index contributed by atoms with van der Waals surface area (Å²) in [5.41, 5.74) is 15.1. The molecule has 0 saturated carbocycles. The van der Waals surface area contributed by atoms with Crippen molar-refractivity contribution in [2.75, 3.05) is 16.8 Å². The van der Waals surface area contributed by atoms with E-state index in [4.69, 9.17) is 16.5 Å². The van der Waals surface area contributed by atoms with Crippen molar-refractivity contribution in [1.82, 2.24) is 29.5 Å². The molecule has 4 aromatic heterocycles. The van der Waals surface area contributed by atoms with E-state index in [9.17, 15) is 0 Å². The largest absolute Gasteiger partial charge is 0.393 e. The van der Waals surface area contributed by atoms with Gasteiger partial charge in [0, 0.05) is 12.4 Å². The molecule has 0 spiro atoms. The van der Waals surface area contributed by atoms with Crippen LogP contribution in [0.4, 0.5) is 17.3 Å². The molecule has 0 fully saturated rings. The van der Waals surface area contributed by atoms with E-state index < -0.39 is 0 Å². The Morgan fingerprint density at radius 1 is 1.04 bits per heavy atom. The standard InChI is InChI=1S/C17H17N9/c1-10(24-17-13(18)16(19)21-9-22-17)14-15(11-5-2-3-7-20-11)26-12(25-14)6-4-8-23-26/h2-10H,18H2,1H3,(H3,19,21,22,24)/t10-/m0/s1. The molecule has 0 aromatic carbocycles. The van der Waals surface area contributed by atoms with Gasteiger partial charge in [0.15, 0.2) is 17.3 Å². The van der Waals surface area contributed by atoms with E-state index in [1.807, 2.05) is 37.3 Å². The van der Waals surface area contributed by atoms with E-state index in [0.717, 1.165) is 22.7 Å². The molecule has 0 unspecified atom stereocenters. The minimum Gasteiger partial charge on any atom is -0.393 e. The van der Waals surface area contributed by atoms with Gasteiger partial charge in [0.1, 0.15) is 17.7 Å². The second-order valence-electron chi connectivity index (χ2n) is 5.74. The summed E-state index contributed by atoms with van der Waals surface area (Å²) in [6.07, 6.45) is 4.82. The monoisotopic (exact) mass is 347 g/mol. The molecule has 9 heteroatoms. The fourth-order valence-electron chi connectivity index (χ4n) is 2.75. The third-order valence-corrected chi connectivity index (χ3v) is 4.01. The lowest BCUT2D eigenvalue weighted by atomic mass is 10.1. The molecule has 0 radical (unpaired) electrons. The number of pyridine rings is 1. The number of rotatable bonds is 4. The fourth-order valence-corrected chi connectivity index (χ4v) is 2.75. The molecule has 9 nitrogen and oxygen atoms in total. The van der Waals surface area contributed by atoms with Crippen LogP contribution < -0.4 is 16.8 Å². The van der Waals surface area contributed by atoms with Gasteiger partial charge in [-0.2, -0.15) is 5.10 Å². The number of nitrogen functional groups attached to an aromatic ring is 2. The Bertz CT molecular complexity index is 1060. The van der Waals surface area contributed by atoms with Crippen molar-refractivity contribution in [3.63, 3.8) is 0 Å². The lowest BCUT2D eigenvalue weighted by Crippen LogP contribution is -2.13. The highest BCUT2D eigenvalue weighted by Gasteiger charge is 2.22. The van der Waals surface area contributed by atoms with Crippen LogP contribution >= 0.6 is 0 Å². The Balaban J connectivity index is 1.82. The van der Waals surface area contributed by atoms with Crippen LogP contribution in [0.25, 0.3) is 17.0 Å². The molecule has 130 valence electrons. The highest BCUT2D eigenvalue weighted by molar-refractivity contribution is 5.73. The first-order valence-electron chi connectivity index (χ1n) is 8.02. The van der Waals surface area contributed by atoms with E-state index in [1.54, 1.807) is 16.9 Å². The van der Waals surface area contributed by atoms with E-state index in [0.29, 0.717) is 11.5 Å². The van der Waals surface area contributed by atoms with E-state index >= 15 is 0 Å². The summed E-state index contributed by atoms with van der Waals surface area (Å²) in [4.78, 5) is 17.2. The smallest absolute Gasteiger partial charge is 0.155 e. The molecule has 4 heterocycles. The van der Waals surface area contributed by atoms with Crippen LogP contribution in [0.15, 0.2) is 49.1 Å². The number of hydrogen-bond donors (Lipinski definition) is 3. The van der Waals surface area contributed by atoms with Gasteiger partial charge >= 0.3 is 0 Å². The maximum Gasteiger partial charge on any atom is 0.155 e. The first-order chi connectivity index (χ1) is 12.6. The van der Waals surface area contributed by atoms with E-state index in [2.05, 4.69) is 25.4 Å². The average Bonchev–Trinajstić information content (AvgIpc) is 3.06. The van der Waals surface area contributed by atoms with Crippen LogP contribution in [0.5, 0.6) is 0 Å². The second kappa shape index (κ2) is 6.28. The maximum absolute atomic E-state index is 5.97. The van der Waals surface area contributed by atoms with Gasteiger partial charge in [-0.15, -0.1) is 0 Å². The number of aromatic nitrogens is 6. The fraction of sp³-hybridized carbons (Fsp3) is 0.118. The van der Waals surface area contributed by atoms with Crippen molar-refractivity contribution in [1.29, 1.82) is 0 Å². The van der Waals surface area contributed by atoms with Crippen LogP contribution in [-0.4, -0.2) is 29.5 Å². The number of nitrogens with one attached hydrogen (secondary N) is 1. The summed E-state index contributed by atoms with van der Waals surface area (Å²) in [6, 6.07) is 9.24. The zero-order valence-corrected chi connectivity index (χ0v) is 14.0. The Kier molecular flexibility index (Phi) is 3.81. The SMILES string of the molecule is C[C@H](Nc1ncnc(N)c1N)c1nc2cccnn2c1-c1ccccn1. The van der Waals surface area contributed by atoms with Crippen molar-refractivity contribution < 1.29 is 0 Å². The minimum absolute atomic E-state index is 0.217. The Labute approximate surface area is 149 Å². The van der Waals surface area contributed by atoms with Crippen LogP contribution in [0, 0.1) is 0 Å². The average molecular weight is 347 g/mol. The van der Waals surface area contributed by atoms with Gasteiger partial charge in [-0.3, -0.25) is 4.98 Å². The molecular weight excluding hydrogens is 330 g/mol.